The van der Waals surface area contributed by atoms with Gasteiger partial charge in [0.25, 0.3) is 0 Å². The molecule has 0 unspecified atom stereocenters. The number of rotatable bonds is 7. The summed E-state index contributed by atoms with van der Waals surface area (Å²) in [6.07, 6.45) is 1.12. The summed E-state index contributed by atoms with van der Waals surface area (Å²) in [5.74, 6) is -0.570. The first-order valence-corrected chi connectivity index (χ1v) is 13.2. The Morgan fingerprint density at radius 2 is 1.86 bits per heavy atom. The quantitative estimate of drug-likeness (QED) is 0.474. The van der Waals surface area contributed by atoms with Crippen molar-refractivity contribution in [2.45, 2.75) is 17.7 Å². The molecule has 4 rings (SSSR count). The minimum Gasteiger partial charge on any atom is -0.497 e. The number of benzene rings is 2. The molecule has 186 valence electrons. The van der Waals surface area contributed by atoms with Gasteiger partial charge in [0, 0.05) is 29.5 Å². The van der Waals surface area contributed by atoms with E-state index in [9.17, 15) is 18.0 Å². The number of sulfonamides is 1. The number of fused-ring (bicyclic) bond motifs is 1. The van der Waals surface area contributed by atoms with E-state index in [2.05, 4.69) is 5.32 Å². The highest BCUT2D eigenvalue weighted by atomic mass is 32.2. The third-order valence-electron chi connectivity index (χ3n) is 5.91. The Bertz CT molecular complexity index is 1370. The highest BCUT2D eigenvalue weighted by Crippen LogP contribution is 2.33. The lowest BCUT2D eigenvalue weighted by Crippen LogP contribution is -2.43. The highest BCUT2D eigenvalue weighted by Gasteiger charge is 2.35. The number of esters is 1. The Labute approximate surface area is 207 Å². The zero-order valence-electron chi connectivity index (χ0n) is 19.6. The number of nitrogens with zero attached hydrogens (tertiary/aromatic N) is 1. The van der Waals surface area contributed by atoms with E-state index in [4.69, 9.17) is 14.2 Å². The van der Waals surface area contributed by atoms with E-state index in [0.717, 1.165) is 10.1 Å². The molecule has 0 bridgehead atoms. The molecule has 11 heteroatoms. The lowest BCUT2D eigenvalue weighted by Gasteiger charge is -2.31. The second kappa shape index (κ2) is 10.2. The number of carbonyl (C=O) groups is 2. The molecule has 1 aromatic heterocycles. The van der Waals surface area contributed by atoms with Gasteiger partial charge >= 0.3 is 5.97 Å². The molecule has 1 fully saturated rings. The fraction of sp³-hybridized carbons (Fsp3) is 0.333. The number of hydrogen-bond acceptors (Lipinski definition) is 8. The topological polar surface area (TPSA) is 111 Å². The van der Waals surface area contributed by atoms with Gasteiger partial charge in [0.15, 0.2) is 0 Å². The van der Waals surface area contributed by atoms with E-state index < -0.39 is 21.9 Å². The van der Waals surface area contributed by atoms with Gasteiger partial charge in [-0.3, -0.25) is 4.79 Å². The van der Waals surface area contributed by atoms with Crippen LogP contribution in [-0.4, -0.2) is 59.0 Å². The van der Waals surface area contributed by atoms with E-state index in [1.165, 1.54) is 43.0 Å². The number of amides is 1. The third-order valence-corrected chi connectivity index (χ3v) is 8.90. The van der Waals surface area contributed by atoms with E-state index in [1.54, 1.807) is 30.3 Å². The Morgan fingerprint density at radius 3 is 2.57 bits per heavy atom. The Morgan fingerprint density at radius 1 is 1.06 bits per heavy atom. The SMILES string of the molecule is COC(=O)c1cc2cc(NC(=O)[C@H]3CCCN(S(=O)(=O)c4cc(OC)ccc4OC)C3)ccc2s1. The summed E-state index contributed by atoms with van der Waals surface area (Å²) in [5, 5.41) is 3.70. The Hall–Kier alpha value is -3.15. The van der Waals surface area contributed by atoms with Crippen LogP contribution < -0.4 is 14.8 Å². The fourth-order valence-corrected chi connectivity index (χ4v) is 6.72. The van der Waals surface area contributed by atoms with Crippen molar-refractivity contribution in [1.82, 2.24) is 4.31 Å². The van der Waals surface area contributed by atoms with Gasteiger partial charge in [-0.2, -0.15) is 4.31 Å². The lowest BCUT2D eigenvalue weighted by atomic mass is 9.98. The van der Waals surface area contributed by atoms with Crippen LogP contribution in [0.5, 0.6) is 11.5 Å². The maximum Gasteiger partial charge on any atom is 0.348 e. The first-order chi connectivity index (χ1) is 16.8. The summed E-state index contributed by atoms with van der Waals surface area (Å²) in [5.41, 5.74) is 0.575. The minimum absolute atomic E-state index is 0.00438. The van der Waals surface area contributed by atoms with Crippen LogP contribution in [0.25, 0.3) is 10.1 Å². The number of ether oxygens (including phenoxy) is 3. The molecule has 2 heterocycles. The van der Waals surface area contributed by atoms with Crippen molar-refractivity contribution in [2.75, 3.05) is 39.7 Å². The van der Waals surface area contributed by atoms with Gasteiger partial charge in [0.2, 0.25) is 15.9 Å². The van der Waals surface area contributed by atoms with Crippen LogP contribution in [0.3, 0.4) is 0 Å². The van der Waals surface area contributed by atoms with Crippen LogP contribution in [0.1, 0.15) is 22.5 Å². The van der Waals surface area contributed by atoms with Crippen molar-refractivity contribution in [2.24, 2.45) is 5.92 Å². The predicted molar refractivity (Wildman–Crippen MR) is 133 cm³/mol. The molecule has 9 nitrogen and oxygen atoms in total. The van der Waals surface area contributed by atoms with Gasteiger partial charge in [0.05, 0.1) is 27.2 Å². The summed E-state index contributed by atoms with van der Waals surface area (Å²) in [6, 6.07) is 11.7. The number of carbonyl (C=O) groups excluding carboxylic acids is 2. The van der Waals surface area contributed by atoms with E-state index in [0.29, 0.717) is 35.7 Å². The van der Waals surface area contributed by atoms with Crippen LogP contribution >= 0.6 is 11.3 Å². The van der Waals surface area contributed by atoms with Crippen molar-refractivity contribution >= 4 is 49.0 Å². The van der Waals surface area contributed by atoms with E-state index >= 15 is 0 Å². The van der Waals surface area contributed by atoms with Gasteiger partial charge in [0.1, 0.15) is 21.3 Å². The standard InChI is InChI=1S/C24H26N2O7S2/c1-31-18-7-8-19(32-2)22(13-18)35(29,30)26-10-4-5-15(14-26)23(27)25-17-6-9-20-16(11-17)12-21(34-20)24(28)33-3/h6-9,11-13,15H,4-5,10,14H2,1-3H3,(H,25,27)/t15-/m0/s1. The largest absolute Gasteiger partial charge is 0.497 e. The van der Waals surface area contributed by atoms with Gasteiger partial charge in [-0.15, -0.1) is 11.3 Å². The predicted octanol–water partition coefficient (Wildman–Crippen LogP) is 3.74. The van der Waals surface area contributed by atoms with Crippen LogP contribution in [0.4, 0.5) is 5.69 Å². The number of anilines is 1. The van der Waals surface area contributed by atoms with Gasteiger partial charge in [-0.1, -0.05) is 0 Å². The van der Waals surface area contributed by atoms with E-state index in [-0.39, 0.29) is 23.1 Å². The first-order valence-electron chi connectivity index (χ1n) is 10.9. The molecule has 1 N–H and O–H groups in total. The summed E-state index contributed by atoms with van der Waals surface area (Å²) < 4.78 is 44.3. The molecule has 0 aliphatic carbocycles. The number of thiophene rings is 1. The zero-order chi connectivity index (χ0) is 25.2. The summed E-state index contributed by atoms with van der Waals surface area (Å²) >= 11 is 1.31. The second-order valence-corrected chi connectivity index (χ2v) is 11.1. The number of methoxy groups -OCH3 is 3. The van der Waals surface area contributed by atoms with Crippen LogP contribution in [0.2, 0.25) is 0 Å². The van der Waals surface area contributed by atoms with E-state index in [1.807, 2.05) is 6.07 Å². The van der Waals surface area contributed by atoms with Crippen molar-refractivity contribution < 1.29 is 32.2 Å². The monoisotopic (exact) mass is 518 g/mol. The number of piperidine rings is 1. The van der Waals surface area contributed by atoms with Crippen LogP contribution in [-0.2, 0) is 19.6 Å². The zero-order valence-corrected chi connectivity index (χ0v) is 21.2. The van der Waals surface area contributed by atoms with Crippen molar-refractivity contribution in [3.63, 3.8) is 0 Å². The molecule has 1 aliphatic rings. The maximum absolute atomic E-state index is 13.4. The molecule has 3 aromatic rings. The van der Waals surface area contributed by atoms with Crippen LogP contribution in [0.15, 0.2) is 47.4 Å². The molecule has 0 saturated carbocycles. The molecular formula is C24H26N2O7S2. The molecule has 0 radical (unpaired) electrons. The first kappa shape index (κ1) is 25.0. The number of hydrogen-bond donors (Lipinski definition) is 1. The summed E-state index contributed by atoms with van der Waals surface area (Å²) in [6.45, 7) is 0.366. The van der Waals surface area contributed by atoms with Gasteiger partial charge in [-0.05, 0) is 54.6 Å². The molecule has 1 amide bonds. The summed E-state index contributed by atoms with van der Waals surface area (Å²) in [4.78, 5) is 25.3. The molecule has 2 aromatic carbocycles. The molecule has 35 heavy (non-hydrogen) atoms. The second-order valence-electron chi connectivity index (χ2n) is 8.06. The van der Waals surface area contributed by atoms with Crippen molar-refractivity contribution in [1.29, 1.82) is 0 Å². The van der Waals surface area contributed by atoms with Crippen molar-refractivity contribution in [3.05, 3.63) is 47.3 Å². The summed E-state index contributed by atoms with van der Waals surface area (Å²) in [7, 11) is 0.292. The number of nitrogens with one attached hydrogen (secondary N) is 1. The molecule has 0 spiro atoms. The average Bonchev–Trinajstić information content (AvgIpc) is 3.31. The molecule has 1 aliphatic heterocycles. The smallest absolute Gasteiger partial charge is 0.348 e. The molecule has 1 saturated heterocycles. The molecular weight excluding hydrogens is 492 g/mol. The lowest BCUT2D eigenvalue weighted by molar-refractivity contribution is -0.120. The third kappa shape index (κ3) is 5.12. The van der Waals surface area contributed by atoms with Crippen LogP contribution in [0, 0.1) is 5.92 Å². The minimum atomic E-state index is -3.91. The fourth-order valence-electron chi connectivity index (χ4n) is 4.07. The van der Waals surface area contributed by atoms with Gasteiger partial charge in [-0.25, -0.2) is 13.2 Å². The normalized spacial score (nSPS) is 16.6. The van der Waals surface area contributed by atoms with Gasteiger partial charge < -0.3 is 19.5 Å². The maximum atomic E-state index is 13.4. The van der Waals surface area contributed by atoms with Crippen molar-refractivity contribution in [3.8, 4) is 11.5 Å². The highest BCUT2D eigenvalue weighted by molar-refractivity contribution is 7.89. The Balaban J connectivity index is 1.51. The average molecular weight is 519 g/mol. The Kier molecular flexibility index (Phi) is 7.29. The molecule has 1 atom stereocenters.